The quantitative estimate of drug-likeness (QED) is 0.872. The van der Waals surface area contributed by atoms with Crippen LogP contribution in [0.2, 0.25) is 0 Å². The molecule has 0 aliphatic carbocycles. The molecule has 3 rings (SSSR count). The van der Waals surface area contributed by atoms with Crippen LogP contribution in [0.1, 0.15) is 29.3 Å². The van der Waals surface area contributed by atoms with Crippen LogP contribution in [0.4, 0.5) is 4.39 Å². The summed E-state index contributed by atoms with van der Waals surface area (Å²) in [6, 6.07) is 13.0. The zero-order valence-corrected chi connectivity index (χ0v) is 15.1. The Labute approximate surface area is 157 Å². The second-order valence-corrected chi connectivity index (χ2v) is 6.91. The monoisotopic (exact) mass is 371 g/mol. The molecule has 6 heteroatoms. The molecule has 1 aliphatic heterocycles. The van der Waals surface area contributed by atoms with Crippen molar-refractivity contribution in [3.63, 3.8) is 0 Å². The third kappa shape index (κ3) is 4.64. The zero-order chi connectivity index (χ0) is 19.4. The number of rotatable bonds is 5. The molecule has 142 valence electrons. The molecule has 0 bridgehead atoms. The van der Waals surface area contributed by atoms with Gasteiger partial charge in [0.25, 0.3) is 5.91 Å². The van der Waals surface area contributed by atoms with Crippen LogP contribution in [0.3, 0.4) is 0 Å². The highest BCUT2D eigenvalue weighted by atomic mass is 19.1. The maximum Gasteiger partial charge on any atom is 0.306 e. The Balaban J connectivity index is 1.64. The van der Waals surface area contributed by atoms with Gasteiger partial charge in [0.1, 0.15) is 18.2 Å². The lowest BCUT2D eigenvalue weighted by Gasteiger charge is -2.35. The van der Waals surface area contributed by atoms with Crippen LogP contribution in [-0.4, -0.2) is 35.0 Å². The Bertz CT molecular complexity index is 838. The Morgan fingerprint density at radius 1 is 1.22 bits per heavy atom. The van der Waals surface area contributed by atoms with Crippen molar-refractivity contribution >= 4 is 11.9 Å². The normalized spacial score (nSPS) is 19.6. The first-order valence-corrected chi connectivity index (χ1v) is 8.93. The zero-order valence-electron chi connectivity index (χ0n) is 15.1. The van der Waals surface area contributed by atoms with Gasteiger partial charge in [-0.15, -0.1) is 0 Å². The number of hydrogen-bond donors (Lipinski definition) is 1. The van der Waals surface area contributed by atoms with Gasteiger partial charge in [-0.2, -0.15) is 0 Å². The van der Waals surface area contributed by atoms with E-state index < -0.39 is 11.9 Å². The first-order valence-electron chi connectivity index (χ1n) is 8.93. The van der Waals surface area contributed by atoms with Crippen molar-refractivity contribution in [2.45, 2.75) is 20.0 Å². The smallest absolute Gasteiger partial charge is 0.306 e. The van der Waals surface area contributed by atoms with Gasteiger partial charge in [-0.25, -0.2) is 4.39 Å². The minimum Gasteiger partial charge on any atom is -0.489 e. The SMILES string of the molecule is CC1CN(C(=O)c2cccc(COc3cccc(F)c3)c2)CCC1C(=O)O. The number of hydrogen-bond acceptors (Lipinski definition) is 3. The van der Waals surface area contributed by atoms with Gasteiger partial charge < -0.3 is 14.7 Å². The highest BCUT2D eigenvalue weighted by Gasteiger charge is 2.33. The molecule has 0 radical (unpaired) electrons. The molecule has 1 N–H and O–H groups in total. The number of piperidine rings is 1. The summed E-state index contributed by atoms with van der Waals surface area (Å²) in [5.41, 5.74) is 1.34. The van der Waals surface area contributed by atoms with Crippen LogP contribution in [0.15, 0.2) is 48.5 Å². The van der Waals surface area contributed by atoms with Crippen LogP contribution in [0, 0.1) is 17.7 Å². The van der Waals surface area contributed by atoms with Gasteiger partial charge in [-0.3, -0.25) is 9.59 Å². The molecule has 1 aliphatic rings. The Hall–Kier alpha value is -2.89. The van der Waals surface area contributed by atoms with Crippen molar-refractivity contribution in [2.24, 2.45) is 11.8 Å². The number of carbonyl (C=O) groups is 2. The fraction of sp³-hybridized carbons (Fsp3) is 0.333. The minimum atomic E-state index is -0.800. The molecule has 1 fully saturated rings. The molecule has 0 aromatic heterocycles. The number of benzene rings is 2. The summed E-state index contributed by atoms with van der Waals surface area (Å²) in [6.45, 7) is 2.95. The molecule has 2 atom stereocenters. The fourth-order valence-electron chi connectivity index (χ4n) is 3.40. The lowest BCUT2D eigenvalue weighted by molar-refractivity contribution is -0.145. The average Bonchev–Trinajstić information content (AvgIpc) is 2.65. The average molecular weight is 371 g/mol. The first kappa shape index (κ1) is 18.9. The molecule has 27 heavy (non-hydrogen) atoms. The molecule has 5 nitrogen and oxygen atoms in total. The first-order chi connectivity index (χ1) is 12.9. The molecular weight excluding hydrogens is 349 g/mol. The lowest BCUT2D eigenvalue weighted by Crippen LogP contribution is -2.45. The number of likely N-dealkylation sites (tertiary alicyclic amines) is 1. The van der Waals surface area contributed by atoms with E-state index in [1.54, 1.807) is 35.2 Å². The van der Waals surface area contributed by atoms with Crippen molar-refractivity contribution in [2.75, 3.05) is 13.1 Å². The molecule has 0 saturated carbocycles. The molecule has 0 spiro atoms. The van der Waals surface area contributed by atoms with Gasteiger partial charge in [0.05, 0.1) is 5.92 Å². The molecule has 1 heterocycles. The maximum atomic E-state index is 13.2. The van der Waals surface area contributed by atoms with E-state index >= 15 is 0 Å². The number of halogens is 1. The number of ether oxygens (including phenoxy) is 1. The number of carboxylic acid groups (broad SMARTS) is 1. The predicted octanol–water partition coefficient (Wildman–Crippen LogP) is 3.59. The highest BCUT2D eigenvalue weighted by Crippen LogP contribution is 2.25. The number of nitrogens with zero attached hydrogens (tertiary/aromatic N) is 1. The van der Waals surface area contributed by atoms with Gasteiger partial charge in [-0.05, 0) is 42.2 Å². The summed E-state index contributed by atoms with van der Waals surface area (Å²) in [5.74, 6) is -1.34. The van der Waals surface area contributed by atoms with E-state index in [-0.39, 0.29) is 24.2 Å². The van der Waals surface area contributed by atoms with E-state index in [1.807, 2.05) is 13.0 Å². The van der Waals surface area contributed by atoms with E-state index in [0.29, 0.717) is 30.8 Å². The second kappa shape index (κ2) is 8.20. The summed E-state index contributed by atoms with van der Waals surface area (Å²) in [4.78, 5) is 25.7. The van der Waals surface area contributed by atoms with Crippen molar-refractivity contribution in [1.82, 2.24) is 4.90 Å². The molecular formula is C21H22FNO4. The van der Waals surface area contributed by atoms with E-state index in [9.17, 15) is 19.1 Å². The Morgan fingerprint density at radius 3 is 2.70 bits per heavy atom. The van der Waals surface area contributed by atoms with Crippen LogP contribution in [0.5, 0.6) is 5.75 Å². The summed E-state index contributed by atoms with van der Waals surface area (Å²) >= 11 is 0. The van der Waals surface area contributed by atoms with Gasteiger partial charge in [0.2, 0.25) is 0 Å². The maximum absolute atomic E-state index is 13.2. The fourth-order valence-corrected chi connectivity index (χ4v) is 3.40. The number of aliphatic carboxylic acids is 1. The second-order valence-electron chi connectivity index (χ2n) is 6.91. The summed E-state index contributed by atoms with van der Waals surface area (Å²) in [6.07, 6.45) is 0.463. The third-order valence-corrected chi connectivity index (χ3v) is 4.89. The standard InChI is InChI=1S/C21H22FNO4/c1-14-12-23(9-8-19(14)21(25)26)20(24)16-5-2-4-15(10-16)13-27-18-7-3-6-17(22)11-18/h2-7,10-11,14,19H,8-9,12-13H2,1H3,(H,25,26). The summed E-state index contributed by atoms with van der Waals surface area (Å²) < 4.78 is 18.8. The summed E-state index contributed by atoms with van der Waals surface area (Å²) in [7, 11) is 0. The topological polar surface area (TPSA) is 66.8 Å². The van der Waals surface area contributed by atoms with Crippen LogP contribution in [-0.2, 0) is 11.4 Å². The van der Waals surface area contributed by atoms with Crippen molar-refractivity contribution in [3.05, 3.63) is 65.5 Å². The number of amides is 1. The van der Waals surface area contributed by atoms with Crippen LogP contribution >= 0.6 is 0 Å². The third-order valence-electron chi connectivity index (χ3n) is 4.89. The molecule has 2 aromatic rings. The largest absolute Gasteiger partial charge is 0.489 e. The Kier molecular flexibility index (Phi) is 5.74. The van der Waals surface area contributed by atoms with Crippen molar-refractivity contribution in [3.8, 4) is 5.75 Å². The molecule has 1 amide bonds. The molecule has 2 aromatic carbocycles. The van der Waals surface area contributed by atoms with Gasteiger partial charge in [-0.1, -0.05) is 25.1 Å². The number of carbonyl (C=O) groups excluding carboxylic acids is 1. The van der Waals surface area contributed by atoms with Gasteiger partial charge in [0, 0.05) is 24.7 Å². The van der Waals surface area contributed by atoms with E-state index in [0.717, 1.165) is 5.56 Å². The summed E-state index contributed by atoms with van der Waals surface area (Å²) in [5, 5.41) is 9.22. The predicted molar refractivity (Wildman–Crippen MR) is 98.0 cm³/mol. The minimum absolute atomic E-state index is 0.0836. The van der Waals surface area contributed by atoms with E-state index in [4.69, 9.17) is 4.74 Å². The van der Waals surface area contributed by atoms with E-state index in [1.165, 1.54) is 12.1 Å². The van der Waals surface area contributed by atoms with Gasteiger partial charge in [0.15, 0.2) is 0 Å². The van der Waals surface area contributed by atoms with Crippen LogP contribution in [0.25, 0.3) is 0 Å². The number of carboxylic acids is 1. The van der Waals surface area contributed by atoms with Gasteiger partial charge >= 0.3 is 5.97 Å². The lowest BCUT2D eigenvalue weighted by atomic mass is 9.87. The molecule has 1 saturated heterocycles. The van der Waals surface area contributed by atoms with Crippen molar-refractivity contribution in [1.29, 1.82) is 0 Å². The van der Waals surface area contributed by atoms with E-state index in [2.05, 4.69) is 0 Å². The highest BCUT2D eigenvalue weighted by molar-refractivity contribution is 5.94. The molecule has 2 unspecified atom stereocenters. The van der Waals surface area contributed by atoms with Crippen molar-refractivity contribution < 1.29 is 23.8 Å². The Morgan fingerprint density at radius 2 is 2.00 bits per heavy atom. The van der Waals surface area contributed by atoms with Crippen LogP contribution < -0.4 is 4.74 Å².